The van der Waals surface area contributed by atoms with Crippen molar-refractivity contribution in [2.45, 2.75) is 38.1 Å². The second-order valence-corrected chi connectivity index (χ2v) is 5.37. The molecule has 7 heteroatoms. The predicted octanol–water partition coefficient (Wildman–Crippen LogP) is 0.161. The van der Waals surface area contributed by atoms with Crippen LogP contribution in [0.4, 0.5) is 4.79 Å². The van der Waals surface area contributed by atoms with Gasteiger partial charge in [-0.1, -0.05) is 12.8 Å². The van der Waals surface area contributed by atoms with E-state index in [1.165, 1.54) is 0 Å². The van der Waals surface area contributed by atoms with Gasteiger partial charge in [-0.3, -0.25) is 9.59 Å². The third kappa shape index (κ3) is 3.61. The highest BCUT2D eigenvalue weighted by molar-refractivity contribution is 5.80. The van der Waals surface area contributed by atoms with Gasteiger partial charge in [-0.2, -0.15) is 0 Å². The second-order valence-electron chi connectivity index (χ2n) is 5.37. The first-order valence-corrected chi connectivity index (χ1v) is 7.13. The summed E-state index contributed by atoms with van der Waals surface area (Å²) in [6.07, 6.45) is 3.44. The number of carboxylic acid groups (broad SMARTS) is 1. The van der Waals surface area contributed by atoms with Crippen LogP contribution in [0.5, 0.6) is 0 Å². The average molecular weight is 283 g/mol. The quantitative estimate of drug-likeness (QED) is 0.672. The first-order chi connectivity index (χ1) is 9.58. The lowest BCUT2D eigenvalue weighted by Crippen LogP contribution is -2.50. The number of urea groups is 1. The number of hydrogen-bond donors (Lipinski definition) is 3. The molecule has 1 saturated carbocycles. The Hall–Kier alpha value is -1.79. The van der Waals surface area contributed by atoms with Gasteiger partial charge in [0.25, 0.3) is 0 Å². The molecule has 0 aromatic heterocycles. The zero-order chi connectivity index (χ0) is 14.5. The summed E-state index contributed by atoms with van der Waals surface area (Å²) >= 11 is 0. The summed E-state index contributed by atoms with van der Waals surface area (Å²) in [6, 6.07) is -0.569. The fourth-order valence-electron chi connectivity index (χ4n) is 2.82. The van der Waals surface area contributed by atoms with Crippen molar-refractivity contribution in [2.24, 2.45) is 5.92 Å². The molecule has 2 rings (SSSR count). The maximum absolute atomic E-state index is 12.2. The molecule has 2 atom stereocenters. The van der Waals surface area contributed by atoms with Crippen LogP contribution in [-0.2, 0) is 9.59 Å². The van der Waals surface area contributed by atoms with Crippen molar-refractivity contribution < 1.29 is 19.5 Å². The number of aliphatic carboxylic acids is 1. The topological polar surface area (TPSA) is 98.7 Å². The molecule has 1 aliphatic carbocycles. The van der Waals surface area contributed by atoms with Crippen LogP contribution in [0.15, 0.2) is 0 Å². The number of nitrogens with zero attached hydrogens (tertiary/aromatic N) is 1. The summed E-state index contributed by atoms with van der Waals surface area (Å²) in [5.74, 6) is -1.40. The van der Waals surface area contributed by atoms with E-state index in [1.54, 1.807) is 4.90 Å². The smallest absolute Gasteiger partial charge is 0.317 e. The molecular formula is C13H21N3O4. The largest absolute Gasteiger partial charge is 0.481 e. The van der Waals surface area contributed by atoms with Gasteiger partial charge in [-0.25, -0.2) is 4.79 Å². The van der Waals surface area contributed by atoms with Crippen molar-refractivity contribution in [2.75, 3.05) is 19.6 Å². The molecule has 0 radical (unpaired) electrons. The van der Waals surface area contributed by atoms with Gasteiger partial charge in [0.1, 0.15) is 0 Å². The van der Waals surface area contributed by atoms with E-state index < -0.39 is 11.9 Å². The summed E-state index contributed by atoms with van der Waals surface area (Å²) in [5.41, 5.74) is 0. The number of amides is 3. The molecule has 2 unspecified atom stereocenters. The number of carboxylic acids is 1. The molecular weight excluding hydrogens is 262 g/mol. The fraction of sp³-hybridized carbons (Fsp3) is 0.769. The van der Waals surface area contributed by atoms with Gasteiger partial charge in [0.2, 0.25) is 5.91 Å². The highest BCUT2D eigenvalue weighted by Crippen LogP contribution is 2.24. The van der Waals surface area contributed by atoms with Gasteiger partial charge in [-0.05, 0) is 12.8 Å². The molecule has 7 nitrogen and oxygen atoms in total. The molecule has 2 fully saturated rings. The van der Waals surface area contributed by atoms with Crippen molar-refractivity contribution >= 4 is 17.9 Å². The summed E-state index contributed by atoms with van der Waals surface area (Å²) in [6.45, 7) is 1.28. The molecule has 20 heavy (non-hydrogen) atoms. The Morgan fingerprint density at radius 1 is 1.25 bits per heavy atom. The Bertz CT molecular complexity index is 399. The van der Waals surface area contributed by atoms with Crippen LogP contribution in [0.3, 0.4) is 0 Å². The standard InChI is InChI=1S/C13H21N3O4/c17-11-5-7-16(8-6-14-11)13(20)15-10-4-2-1-3-9(10)12(18)19/h9-10H,1-8H2,(H,14,17)(H,15,20)(H,18,19). The summed E-state index contributed by atoms with van der Waals surface area (Å²) in [7, 11) is 0. The van der Waals surface area contributed by atoms with Crippen LogP contribution in [0.2, 0.25) is 0 Å². The van der Waals surface area contributed by atoms with Crippen LogP contribution >= 0.6 is 0 Å². The SMILES string of the molecule is O=C1CCN(C(=O)NC2CCCCC2C(=O)O)CCN1. The first-order valence-electron chi connectivity index (χ1n) is 7.13. The number of rotatable bonds is 2. The van der Waals surface area contributed by atoms with E-state index >= 15 is 0 Å². The maximum atomic E-state index is 12.2. The van der Waals surface area contributed by atoms with Gasteiger partial charge in [0.05, 0.1) is 5.92 Å². The van der Waals surface area contributed by atoms with Gasteiger partial charge in [0.15, 0.2) is 0 Å². The van der Waals surface area contributed by atoms with Crippen LogP contribution in [0.1, 0.15) is 32.1 Å². The lowest BCUT2D eigenvalue weighted by molar-refractivity contribution is -0.143. The first kappa shape index (κ1) is 14.6. The van der Waals surface area contributed by atoms with E-state index in [0.717, 1.165) is 12.8 Å². The molecule has 0 bridgehead atoms. The van der Waals surface area contributed by atoms with E-state index in [2.05, 4.69) is 10.6 Å². The zero-order valence-corrected chi connectivity index (χ0v) is 11.4. The van der Waals surface area contributed by atoms with Gasteiger partial charge in [0, 0.05) is 32.1 Å². The maximum Gasteiger partial charge on any atom is 0.317 e. The lowest BCUT2D eigenvalue weighted by Gasteiger charge is -2.31. The van der Waals surface area contributed by atoms with E-state index in [4.69, 9.17) is 0 Å². The molecule has 1 heterocycles. The Balaban J connectivity index is 1.92. The van der Waals surface area contributed by atoms with E-state index in [9.17, 15) is 19.5 Å². The number of nitrogens with one attached hydrogen (secondary N) is 2. The minimum Gasteiger partial charge on any atom is -0.481 e. The number of hydrogen-bond acceptors (Lipinski definition) is 3. The van der Waals surface area contributed by atoms with Gasteiger partial charge in [-0.15, -0.1) is 0 Å². The summed E-state index contributed by atoms with van der Waals surface area (Å²) in [5, 5.41) is 14.7. The molecule has 1 aliphatic heterocycles. The Labute approximate surface area is 117 Å². The van der Waals surface area contributed by atoms with Crippen LogP contribution < -0.4 is 10.6 Å². The van der Waals surface area contributed by atoms with Crippen molar-refractivity contribution in [3.05, 3.63) is 0 Å². The number of carbonyl (C=O) groups is 3. The van der Waals surface area contributed by atoms with E-state index in [1.807, 2.05) is 0 Å². The third-order valence-electron chi connectivity index (χ3n) is 3.99. The van der Waals surface area contributed by atoms with Crippen LogP contribution in [0.25, 0.3) is 0 Å². The molecule has 0 aromatic rings. The molecule has 112 valence electrons. The molecule has 3 amide bonds. The van der Waals surface area contributed by atoms with Crippen molar-refractivity contribution in [1.29, 1.82) is 0 Å². The number of carbonyl (C=O) groups excluding carboxylic acids is 2. The molecule has 0 aromatic carbocycles. The second kappa shape index (κ2) is 6.58. The minimum atomic E-state index is -0.845. The highest BCUT2D eigenvalue weighted by Gasteiger charge is 2.33. The average Bonchev–Trinajstić information content (AvgIpc) is 2.64. The normalized spacial score (nSPS) is 27.4. The lowest BCUT2D eigenvalue weighted by atomic mass is 9.84. The predicted molar refractivity (Wildman–Crippen MR) is 71.1 cm³/mol. The van der Waals surface area contributed by atoms with Crippen molar-refractivity contribution in [3.8, 4) is 0 Å². The summed E-state index contributed by atoms with van der Waals surface area (Å²) in [4.78, 5) is 36.2. The summed E-state index contributed by atoms with van der Waals surface area (Å²) < 4.78 is 0. The Morgan fingerprint density at radius 3 is 2.75 bits per heavy atom. The van der Waals surface area contributed by atoms with Gasteiger partial charge < -0.3 is 20.6 Å². The van der Waals surface area contributed by atoms with Crippen molar-refractivity contribution in [1.82, 2.24) is 15.5 Å². The minimum absolute atomic E-state index is 0.0543. The van der Waals surface area contributed by atoms with Crippen LogP contribution in [0, 0.1) is 5.92 Å². The molecule has 1 saturated heterocycles. The molecule has 2 aliphatic rings. The Kier molecular flexibility index (Phi) is 4.81. The van der Waals surface area contributed by atoms with Gasteiger partial charge >= 0.3 is 12.0 Å². The van der Waals surface area contributed by atoms with Crippen molar-refractivity contribution in [3.63, 3.8) is 0 Å². The fourth-order valence-corrected chi connectivity index (χ4v) is 2.82. The van der Waals surface area contributed by atoms with Crippen LogP contribution in [-0.4, -0.2) is 53.6 Å². The van der Waals surface area contributed by atoms with E-state index in [-0.39, 0.29) is 18.0 Å². The van der Waals surface area contributed by atoms with E-state index in [0.29, 0.717) is 38.9 Å². The third-order valence-corrected chi connectivity index (χ3v) is 3.99. The Morgan fingerprint density at radius 2 is 2.00 bits per heavy atom. The molecule has 0 spiro atoms. The highest BCUT2D eigenvalue weighted by atomic mass is 16.4. The monoisotopic (exact) mass is 283 g/mol. The zero-order valence-electron chi connectivity index (χ0n) is 11.4. The molecule has 3 N–H and O–H groups in total.